The second kappa shape index (κ2) is 10.3. The van der Waals surface area contributed by atoms with Crippen molar-refractivity contribution in [2.45, 2.75) is 32.6 Å². The zero-order valence-corrected chi connectivity index (χ0v) is 11.9. The molecule has 0 heterocycles. The first-order valence-electron chi connectivity index (χ1n) is 5.01. The summed E-state index contributed by atoms with van der Waals surface area (Å²) >= 11 is 0. The van der Waals surface area contributed by atoms with Crippen LogP contribution in [0.4, 0.5) is 0 Å². The Kier molecular flexibility index (Phi) is 12.0. The van der Waals surface area contributed by atoms with E-state index in [0.29, 0.717) is 6.42 Å². The van der Waals surface area contributed by atoms with Gasteiger partial charge in [-0.1, -0.05) is 19.8 Å². The Hall–Kier alpha value is 0.164. The van der Waals surface area contributed by atoms with Crippen LogP contribution in [0.2, 0.25) is 0 Å². The second-order valence-electron chi connectivity index (χ2n) is 3.04. The van der Waals surface area contributed by atoms with Gasteiger partial charge in [0.2, 0.25) is 0 Å². The van der Waals surface area contributed by atoms with Crippen molar-refractivity contribution in [2.24, 2.45) is 0 Å². The Morgan fingerprint density at radius 1 is 1.06 bits per heavy atom. The molecule has 0 unspecified atom stereocenters. The number of rotatable bonds is 8. The van der Waals surface area contributed by atoms with Crippen molar-refractivity contribution in [3.05, 3.63) is 0 Å². The van der Waals surface area contributed by atoms with E-state index in [1.807, 2.05) is 0 Å². The number of hydrogen-bond donors (Lipinski definition) is 0. The van der Waals surface area contributed by atoms with Gasteiger partial charge in [-0.2, -0.15) is 0 Å². The van der Waals surface area contributed by atoms with Gasteiger partial charge in [-0.15, -0.1) is 0 Å². The molecular weight excluding hydrogens is 223 g/mol. The monoisotopic (exact) mass is 243 g/mol. The molecule has 0 rings (SSSR count). The molecule has 0 aliphatic heterocycles. The quantitative estimate of drug-likeness (QED) is 0.472. The van der Waals surface area contributed by atoms with Crippen molar-refractivity contribution in [3.63, 3.8) is 0 Å². The van der Waals surface area contributed by atoms with E-state index in [9.17, 15) is 4.79 Å². The van der Waals surface area contributed by atoms with Crippen LogP contribution in [0.5, 0.6) is 0 Å². The van der Waals surface area contributed by atoms with E-state index in [0.717, 1.165) is 19.3 Å². The Morgan fingerprint density at radius 3 is 1.94 bits per heavy atom. The minimum Gasteiger partial charge on any atom is -0.452 e. The summed E-state index contributed by atoms with van der Waals surface area (Å²) in [6.07, 6.45) is 3.26. The third kappa shape index (κ3) is 6.68. The molecule has 0 bridgehead atoms. The Bertz CT molecular complexity index is 178. The molecule has 0 saturated carbocycles. The van der Waals surface area contributed by atoms with Crippen molar-refractivity contribution < 1.29 is 22.5 Å². The van der Waals surface area contributed by atoms with Crippen molar-refractivity contribution in [3.8, 4) is 0 Å². The van der Waals surface area contributed by atoms with Gasteiger partial charge in [0.05, 0.1) is 0 Å². The number of hydrogen-bond acceptors (Lipinski definition) is 5. The van der Waals surface area contributed by atoms with Crippen molar-refractivity contribution in [2.75, 3.05) is 21.3 Å². The summed E-state index contributed by atoms with van der Waals surface area (Å²) in [5.41, 5.74) is 0. The topological polar surface area (TPSA) is 54.0 Å². The summed E-state index contributed by atoms with van der Waals surface area (Å²) in [4.78, 5) is 11.4. The van der Waals surface area contributed by atoms with Gasteiger partial charge in [-0.05, 0) is 6.42 Å². The average Bonchev–Trinajstić information content (AvgIpc) is 2.26. The summed E-state index contributed by atoms with van der Waals surface area (Å²) < 4.78 is 20.0. The van der Waals surface area contributed by atoms with E-state index in [2.05, 4.69) is 6.92 Å². The van der Waals surface area contributed by atoms with Crippen LogP contribution in [-0.4, -0.2) is 55.2 Å². The van der Waals surface area contributed by atoms with E-state index in [1.54, 1.807) is 0 Å². The van der Waals surface area contributed by atoms with Gasteiger partial charge >= 0.3 is 9.05 Å². The van der Waals surface area contributed by atoms with Crippen molar-refractivity contribution in [1.82, 2.24) is 0 Å². The Balaban J connectivity index is 0. The predicted octanol–water partition coefficient (Wildman–Crippen LogP) is 1.10. The Labute approximate surface area is 110 Å². The van der Waals surface area contributed by atoms with Gasteiger partial charge in [0.15, 0.2) is 0 Å². The fourth-order valence-corrected chi connectivity index (χ4v) is 2.22. The standard InChI is InChI=1S/C9H20O5Si.Li/c1-5-6-7-8-9(10)14-15(11-2,12-3)13-4;/h5-8H2,1-4H3;. The molecule has 0 N–H and O–H groups in total. The molecule has 0 saturated heterocycles. The first-order chi connectivity index (χ1) is 7.14. The van der Waals surface area contributed by atoms with E-state index >= 15 is 0 Å². The van der Waals surface area contributed by atoms with Crippen LogP contribution in [0, 0.1) is 0 Å². The van der Waals surface area contributed by atoms with E-state index < -0.39 is 9.05 Å². The minimum atomic E-state index is -3.19. The summed E-state index contributed by atoms with van der Waals surface area (Å²) in [7, 11) is 1.01. The van der Waals surface area contributed by atoms with Crippen LogP contribution in [0.1, 0.15) is 32.6 Å². The maximum Gasteiger partial charge on any atom is 0.750 e. The summed E-state index contributed by atoms with van der Waals surface area (Å²) in [6, 6.07) is 0. The zero-order valence-electron chi connectivity index (χ0n) is 10.9. The average molecular weight is 243 g/mol. The smallest absolute Gasteiger partial charge is 0.452 e. The van der Waals surface area contributed by atoms with Crippen LogP contribution in [0.15, 0.2) is 0 Å². The number of carbonyl (C=O) groups excluding carboxylic acids is 1. The molecule has 1 radical (unpaired) electrons. The molecule has 16 heavy (non-hydrogen) atoms. The zero-order chi connectivity index (χ0) is 11.7. The number of unbranched alkanes of at least 4 members (excludes halogenated alkanes) is 2. The molecule has 0 spiro atoms. The molecule has 0 atom stereocenters. The van der Waals surface area contributed by atoms with Crippen LogP contribution in [0.3, 0.4) is 0 Å². The molecule has 7 heteroatoms. The first kappa shape index (κ1) is 18.5. The molecule has 91 valence electrons. The normalized spacial score (nSPS) is 10.8. The van der Waals surface area contributed by atoms with Crippen molar-refractivity contribution in [1.29, 1.82) is 0 Å². The molecule has 5 nitrogen and oxygen atoms in total. The third-order valence-corrected chi connectivity index (χ3v) is 3.95. The fraction of sp³-hybridized carbons (Fsp3) is 0.889. The van der Waals surface area contributed by atoms with E-state index in [-0.39, 0.29) is 24.8 Å². The molecule has 0 aliphatic carbocycles. The SMILES string of the molecule is CCCCCC(=O)O[Si](OC)(OC)OC.[Li]. The maximum absolute atomic E-state index is 11.4. The molecular formula is C9H20LiO5Si. The molecule has 0 aromatic rings. The second-order valence-corrected chi connectivity index (χ2v) is 5.47. The number of carbonyl (C=O) groups is 1. The summed E-state index contributed by atoms with van der Waals surface area (Å²) in [5, 5.41) is 0. The minimum absolute atomic E-state index is 0. The third-order valence-electron chi connectivity index (χ3n) is 1.97. The van der Waals surface area contributed by atoms with Crippen LogP contribution in [-0.2, 0) is 22.5 Å². The first-order valence-corrected chi connectivity index (χ1v) is 6.64. The van der Waals surface area contributed by atoms with Gasteiger partial charge < -0.3 is 17.7 Å². The molecule has 0 aromatic heterocycles. The van der Waals surface area contributed by atoms with Crippen LogP contribution in [0.25, 0.3) is 0 Å². The summed E-state index contributed by atoms with van der Waals surface area (Å²) in [6.45, 7) is 2.07. The van der Waals surface area contributed by atoms with Gasteiger partial charge in [-0.3, -0.25) is 4.79 Å². The van der Waals surface area contributed by atoms with E-state index in [4.69, 9.17) is 17.7 Å². The van der Waals surface area contributed by atoms with Gasteiger partial charge in [0.25, 0.3) is 5.97 Å². The van der Waals surface area contributed by atoms with Crippen molar-refractivity contribution >= 4 is 33.9 Å². The van der Waals surface area contributed by atoms with Gasteiger partial charge in [0, 0.05) is 46.6 Å². The summed E-state index contributed by atoms with van der Waals surface area (Å²) in [5.74, 6) is -0.333. The van der Waals surface area contributed by atoms with Gasteiger partial charge in [0.1, 0.15) is 0 Å². The van der Waals surface area contributed by atoms with Crippen LogP contribution < -0.4 is 0 Å². The fourth-order valence-electron chi connectivity index (χ4n) is 1.08. The largest absolute Gasteiger partial charge is 0.750 e. The molecule has 0 amide bonds. The van der Waals surface area contributed by atoms with E-state index in [1.165, 1.54) is 21.3 Å². The molecule has 0 aromatic carbocycles. The molecule has 0 fully saturated rings. The molecule has 0 aliphatic rings. The maximum atomic E-state index is 11.4. The van der Waals surface area contributed by atoms with Crippen LogP contribution >= 0.6 is 0 Å². The Morgan fingerprint density at radius 2 is 1.56 bits per heavy atom. The van der Waals surface area contributed by atoms with Gasteiger partial charge in [-0.25, -0.2) is 0 Å². The predicted molar refractivity (Wildman–Crippen MR) is 62.8 cm³/mol.